The zero-order valence-corrected chi connectivity index (χ0v) is 10.2. The molecule has 0 saturated heterocycles. The molecule has 0 aliphatic rings. The van der Waals surface area contributed by atoms with Gasteiger partial charge in [-0.25, -0.2) is 0 Å². The molecule has 0 fully saturated rings. The highest BCUT2D eigenvalue weighted by atomic mass is 19.4. The highest BCUT2D eigenvalue weighted by Gasteiger charge is 2.30. The molecule has 0 aliphatic carbocycles. The second kappa shape index (κ2) is 6.02. The van der Waals surface area contributed by atoms with Gasteiger partial charge in [-0.2, -0.15) is 13.2 Å². The van der Waals surface area contributed by atoms with Gasteiger partial charge in [0.15, 0.2) is 0 Å². The molecule has 0 amide bonds. The molecule has 1 aromatic carbocycles. The normalized spacial score (nSPS) is 13.4. The van der Waals surface area contributed by atoms with Gasteiger partial charge in [0.2, 0.25) is 0 Å². The van der Waals surface area contributed by atoms with E-state index in [2.05, 4.69) is 11.9 Å². The summed E-state index contributed by atoms with van der Waals surface area (Å²) in [6.07, 6.45) is -4.33. The van der Waals surface area contributed by atoms with Gasteiger partial charge in [0.25, 0.3) is 0 Å². The number of nitrogens with two attached hydrogens (primary N) is 1. The highest BCUT2D eigenvalue weighted by molar-refractivity contribution is 5.28. The fraction of sp³-hybridized carbons (Fsp3) is 0.385. The molecule has 0 aromatic heterocycles. The Morgan fingerprint density at radius 2 is 2.11 bits per heavy atom. The maximum Gasteiger partial charge on any atom is 0.416 e. The summed E-state index contributed by atoms with van der Waals surface area (Å²) in [6.45, 7) is 6.33. The third kappa shape index (κ3) is 4.16. The fourth-order valence-corrected chi connectivity index (χ4v) is 1.57. The quantitative estimate of drug-likeness (QED) is 0.797. The molecule has 1 aromatic rings. The van der Waals surface area contributed by atoms with Crippen LogP contribution in [0.1, 0.15) is 24.1 Å². The van der Waals surface area contributed by atoms with Gasteiger partial charge in [0, 0.05) is 19.1 Å². The second-order valence-corrected chi connectivity index (χ2v) is 4.25. The summed E-state index contributed by atoms with van der Waals surface area (Å²) in [5.41, 5.74) is 6.36. The van der Waals surface area contributed by atoms with Crippen molar-refractivity contribution in [2.75, 3.05) is 13.1 Å². The molecule has 100 valence electrons. The maximum absolute atomic E-state index is 12.6. The van der Waals surface area contributed by atoms with Gasteiger partial charge in [-0.1, -0.05) is 24.3 Å². The molecule has 0 heterocycles. The van der Waals surface area contributed by atoms with Crippen molar-refractivity contribution in [2.24, 2.45) is 5.73 Å². The van der Waals surface area contributed by atoms with Crippen LogP contribution >= 0.6 is 0 Å². The van der Waals surface area contributed by atoms with Crippen molar-refractivity contribution in [3.05, 3.63) is 47.5 Å². The molecule has 18 heavy (non-hydrogen) atoms. The van der Waals surface area contributed by atoms with Crippen LogP contribution in [-0.4, -0.2) is 13.1 Å². The largest absolute Gasteiger partial charge is 0.416 e. The number of nitrogens with one attached hydrogen (secondary N) is 1. The lowest BCUT2D eigenvalue weighted by Gasteiger charge is -2.18. The van der Waals surface area contributed by atoms with Crippen LogP contribution < -0.4 is 11.1 Å². The Morgan fingerprint density at radius 3 is 2.61 bits per heavy atom. The van der Waals surface area contributed by atoms with E-state index in [9.17, 15) is 13.2 Å². The molecular formula is C13H17F3N2. The van der Waals surface area contributed by atoms with Gasteiger partial charge in [-0.15, -0.1) is 0 Å². The Morgan fingerprint density at radius 1 is 1.44 bits per heavy atom. The summed E-state index contributed by atoms with van der Waals surface area (Å²) in [5.74, 6) is 0. The molecule has 1 unspecified atom stereocenters. The number of benzene rings is 1. The van der Waals surface area contributed by atoms with E-state index in [1.807, 2.05) is 6.92 Å². The Bertz CT molecular complexity index is 413. The summed E-state index contributed by atoms with van der Waals surface area (Å²) < 4.78 is 37.8. The van der Waals surface area contributed by atoms with Gasteiger partial charge in [-0.05, 0) is 24.6 Å². The predicted octanol–water partition coefficient (Wildman–Crippen LogP) is 2.87. The first-order valence-corrected chi connectivity index (χ1v) is 5.59. The Hall–Kier alpha value is -1.33. The number of halogens is 3. The van der Waals surface area contributed by atoms with Crippen LogP contribution in [0.4, 0.5) is 13.2 Å². The summed E-state index contributed by atoms with van der Waals surface area (Å²) in [7, 11) is 0. The lowest BCUT2D eigenvalue weighted by Crippen LogP contribution is -2.29. The molecule has 1 atom stereocenters. The third-order valence-corrected chi connectivity index (χ3v) is 2.50. The average molecular weight is 258 g/mol. The highest BCUT2D eigenvalue weighted by Crippen LogP contribution is 2.30. The van der Waals surface area contributed by atoms with Gasteiger partial charge < -0.3 is 11.1 Å². The lowest BCUT2D eigenvalue weighted by molar-refractivity contribution is -0.137. The summed E-state index contributed by atoms with van der Waals surface area (Å²) >= 11 is 0. The molecule has 3 N–H and O–H groups in total. The lowest BCUT2D eigenvalue weighted by atomic mass is 10.0. The van der Waals surface area contributed by atoms with Crippen LogP contribution in [-0.2, 0) is 6.18 Å². The van der Waals surface area contributed by atoms with Crippen molar-refractivity contribution in [1.29, 1.82) is 0 Å². The van der Waals surface area contributed by atoms with Crippen LogP contribution in [0.5, 0.6) is 0 Å². The fourth-order valence-electron chi connectivity index (χ4n) is 1.57. The van der Waals surface area contributed by atoms with Crippen molar-refractivity contribution in [3.63, 3.8) is 0 Å². The van der Waals surface area contributed by atoms with Crippen LogP contribution in [0.25, 0.3) is 0 Å². The van der Waals surface area contributed by atoms with E-state index < -0.39 is 11.7 Å². The molecular weight excluding hydrogens is 241 g/mol. The first-order chi connectivity index (χ1) is 8.34. The van der Waals surface area contributed by atoms with Crippen molar-refractivity contribution in [3.8, 4) is 0 Å². The molecule has 1 rings (SSSR count). The van der Waals surface area contributed by atoms with Crippen molar-refractivity contribution in [2.45, 2.75) is 19.1 Å². The van der Waals surface area contributed by atoms with Crippen LogP contribution in [0.3, 0.4) is 0 Å². The van der Waals surface area contributed by atoms with Gasteiger partial charge in [0.1, 0.15) is 0 Å². The topological polar surface area (TPSA) is 38.0 Å². The first-order valence-electron chi connectivity index (χ1n) is 5.59. The number of hydrogen-bond acceptors (Lipinski definition) is 2. The molecule has 2 nitrogen and oxygen atoms in total. The van der Waals surface area contributed by atoms with Gasteiger partial charge >= 0.3 is 6.18 Å². The zero-order valence-electron chi connectivity index (χ0n) is 10.2. The standard InChI is InChI=1S/C13H17F3N2/c1-9(2)8-18-12(7-17)10-4-3-5-11(6-10)13(14,15)16/h3-6,12,18H,1,7-8,17H2,2H3. The van der Waals surface area contributed by atoms with Crippen molar-refractivity contribution in [1.82, 2.24) is 5.32 Å². The van der Waals surface area contributed by atoms with Crippen LogP contribution in [0.15, 0.2) is 36.4 Å². The molecule has 0 aliphatic heterocycles. The Labute approximate surface area is 105 Å². The van der Waals surface area contributed by atoms with Crippen molar-refractivity contribution < 1.29 is 13.2 Å². The van der Waals surface area contributed by atoms with Gasteiger partial charge in [-0.3, -0.25) is 0 Å². The number of alkyl halides is 3. The molecule has 5 heteroatoms. The maximum atomic E-state index is 12.6. The zero-order chi connectivity index (χ0) is 13.8. The number of rotatable bonds is 5. The molecule has 0 spiro atoms. The minimum atomic E-state index is -4.33. The Kier molecular flexibility index (Phi) is 4.93. The van der Waals surface area contributed by atoms with E-state index in [1.165, 1.54) is 6.07 Å². The van der Waals surface area contributed by atoms with Gasteiger partial charge in [0.05, 0.1) is 5.56 Å². The Balaban J connectivity index is 2.89. The summed E-state index contributed by atoms with van der Waals surface area (Å²) in [6, 6.07) is 4.91. The smallest absolute Gasteiger partial charge is 0.329 e. The SMILES string of the molecule is C=C(C)CNC(CN)c1cccc(C(F)(F)F)c1. The minimum absolute atomic E-state index is 0.231. The molecule has 0 saturated carbocycles. The van der Waals surface area contributed by atoms with E-state index >= 15 is 0 Å². The van der Waals surface area contributed by atoms with E-state index in [4.69, 9.17) is 5.73 Å². The van der Waals surface area contributed by atoms with E-state index in [0.29, 0.717) is 12.1 Å². The third-order valence-electron chi connectivity index (χ3n) is 2.50. The number of hydrogen-bond donors (Lipinski definition) is 2. The average Bonchev–Trinajstić information content (AvgIpc) is 2.29. The molecule has 0 bridgehead atoms. The molecule has 0 radical (unpaired) electrons. The van der Waals surface area contributed by atoms with E-state index in [0.717, 1.165) is 17.7 Å². The van der Waals surface area contributed by atoms with Crippen LogP contribution in [0.2, 0.25) is 0 Å². The summed E-state index contributed by atoms with van der Waals surface area (Å²) in [5, 5.41) is 3.07. The second-order valence-electron chi connectivity index (χ2n) is 4.25. The monoisotopic (exact) mass is 258 g/mol. The van der Waals surface area contributed by atoms with E-state index in [-0.39, 0.29) is 12.6 Å². The van der Waals surface area contributed by atoms with Crippen LogP contribution in [0, 0.1) is 0 Å². The predicted molar refractivity (Wildman–Crippen MR) is 66.1 cm³/mol. The minimum Gasteiger partial charge on any atom is -0.329 e. The first kappa shape index (κ1) is 14.7. The van der Waals surface area contributed by atoms with Crippen molar-refractivity contribution >= 4 is 0 Å². The van der Waals surface area contributed by atoms with E-state index in [1.54, 1.807) is 6.07 Å². The summed E-state index contributed by atoms with van der Waals surface area (Å²) in [4.78, 5) is 0.